The van der Waals surface area contributed by atoms with Gasteiger partial charge in [0.05, 0.1) is 12.0 Å². The number of hydrogen-bond acceptors (Lipinski definition) is 3. The molecule has 0 saturated carbocycles. The summed E-state index contributed by atoms with van der Waals surface area (Å²) in [6.07, 6.45) is 3.73. The van der Waals surface area contributed by atoms with E-state index in [1.807, 2.05) is 13.8 Å². The molecule has 1 saturated heterocycles. The molecule has 6 heteroatoms. The highest BCUT2D eigenvalue weighted by atomic mass is 35.5. The van der Waals surface area contributed by atoms with E-state index in [1.54, 1.807) is 17.9 Å². The molecule has 106 valence electrons. The molecule has 0 bridgehead atoms. The average Bonchev–Trinajstić information content (AvgIpc) is 2.55. The van der Waals surface area contributed by atoms with Crippen molar-refractivity contribution in [2.45, 2.75) is 44.8 Å². The minimum atomic E-state index is -0.165. The molecule has 1 aliphatic rings. The fraction of sp³-hybridized carbons (Fsp3) is 0.692. The van der Waals surface area contributed by atoms with Crippen molar-refractivity contribution >= 4 is 17.5 Å². The maximum absolute atomic E-state index is 12.0. The van der Waals surface area contributed by atoms with E-state index in [9.17, 15) is 4.79 Å². The minimum absolute atomic E-state index is 0.0161. The van der Waals surface area contributed by atoms with Crippen molar-refractivity contribution in [3.05, 3.63) is 16.9 Å². The third-order valence-electron chi connectivity index (χ3n) is 3.27. The van der Waals surface area contributed by atoms with Crippen LogP contribution >= 0.6 is 11.6 Å². The van der Waals surface area contributed by atoms with Crippen LogP contribution in [0.3, 0.4) is 0 Å². The molecule has 0 spiro atoms. The largest absolute Gasteiger partial charge is 0.375 e. The summed E-state index contributed by atoms with van der Waals surface area (Å²) in [7, 11) is 1.79. The molecule has 0 radical (unpaired) electrons. The Bertz CT molecular complexity index is 470. The Labute approximate surface area is 118 Å². The van der Waals surface area contributed by atoms with Gasteiger partial charge in [-0.05, 0) is 26.7 Å². The second-order valence-electron chi connectivity index (χ2n) is 5.66. The Morgan fingerprint density at radius 2 is 2.42 bits per heavy atom. The van der Waals surface area contributed by atoms with Crippen LogP contribution in [0.4, 0.5) is 0 Å². The van der Waals surface area contributed by atoms with E-state index in [2.05, 4.69) is 10.4 Å². The average molecular weight is 286 g/mol. The molecule has 1 aromatic heterocycles. The maximum Gasteiger partial charge on any atom is 0.224 e. The number of aromatic nitrogens is 2. The van der Waals surface area contributed by atoms with Crippen LogP contribution in [0.15, 0.2) is 6.20 Å². The van der Waals surface area contributed by atoms with Gasteiger partial charge in [-0.15, -0.1) is 0 Å². The molecule has 1 amide bonds. The van der Waals surface area contributed by atoms with Crippen LogP contribution in [0.25, 0.3) is 0 Å². The molecule has 1 unspecified atom stereocenters. The number of halogens is 1. The van der Waals surface area contributed by atoms with Gasteiger partial charge in [-0.1, -0.05) is 11.6 Å². The van der Waals surface area contributed by atoms with E-state index in [0.717, 1.165) is 18.4 Å². The first-order valence-corrected chi connectivity index (χ1v) is 6.85. The van der Waals surface area contributed by atoms with Crippen LogP contribution in [0, 0.1) is 0 Å². The lowest BCUT2D eigenvalue weighted by atomic mass is 9.94. The molecule has 1 aromatic rings. The van der Waals surface area contributed by atoms with E-state index in [4.69, 9.17) is 16.3 Å². The first-order chi connectivity index (χ1) is 8.85. The van der Waals surface area contributed by atoms with Gasteiger partial charge in [0.2, 0.25) is 5.91 Å². The zero-order valence-electron chi connectivity index (χ0n) is 11.6. The summed E-state index contributed by atoms with van der Waals surface area (Å²) in [6.45, 7) is 4.78. The SMILES string of the molecule is Cn1cc(CC(=O)NC2CCOC(C)(C)C2)c(Cl)n1. The predicted octanol–water partition coefficient (Wildman–Crippen LogP) is 1.69. The van der Waals surface area contributed by atoms with Crippen molar-refractivity contribution in [1.82, 2.24) is 15.1 Å². The normalized spacial score (nSPS) is 22.2. The summed E-state index contributed by atoms with van der Waals surface area (Å²) in [4.78, 5) is 12.0. The lowest BCUT2D eigenvalue weighted by Crippen LogP contribution is -2.46. The topological polar surface area (TPSA) is 56.2 Å². The summed E-state index contributed by atoms with van der Waals surface area (Å²) >= 11 is 5.95. The summed E-state index contributed by atoms with van der Waals surface area (Å²) in [6, 6.07) is 0.173. The van der Waals surface area contributed by atoms with Gasteiger partial charge in [0.25, 0.3) is 0 Å². The van der Waals surface area contributed by atoms with Crippen molar-refractivity contribution in [3.8, 4) is 0 Å². The maximum atomic E-state index is 12.0. The number of ether oxygens (including phenoxy) is 1. The molecule has 2 rings (SSSR count). The van der Waals surface area contributed by atoms with Crippen molar-refractivity contribution in [3.63, 3.8) is 0 Å². The standard InChI is InChI=1S/C13H20ClN3O2/c1-13(2)7-10(4-5-19-13)15-11(18)6-9-8-17(3)16-12(9)14/h8,10H,4-7H2,1-3H3,(H,15,18). The first-order valence-electron chi connectivity index (χ1n) is 6.47. The molecule has 0 aromatic carbocycles. The van der Waals surface area contributed by atoms with Gasteiger partial charge in [0.15, 0.2) is 5.15 Å². The molecular weight excluding hydrogens is 266 g/mol. The van der Waals surface area contributed by atoms with Crippen molar-refractivity contribution in [2.75, 3.05) is 6.61 Å². The predicted molar refractivity (Wildman–Crippen MR) is 73.1 cm³/mol. The monoisotopic (exact) mass is 285 g/mol. The molecule has 1 aliphatic heterocycles. The summed E-state index contributed by atoms with van der Waals surface area (Å²) in [5, 5.41) is 7.45. The number of carbonyl (C=O) groups excluding carboxylic acids is 1. The van der Waals surface area contributed by atoms with Crippen LogP contribution in [-0.4, -0.2) is 33.9 Å². The van der Waals surface area contributed by atoms with Crippen LogP contribution in [0.1, 0.15) is 32.3 Å². The highest BCUT2D eigenvalue weighted by molar-refractivity contribution is 6.30. The number of aryl methyl sites for hydroxylation is 1. The third kappa shape index (κ3) is 3.94. The quantitative estimate of drug-likeness (QED) is 0.919. The van der Waals surface area contributed by atoms with E-state index >= 15 is 0 Å². The van der Waals surface area contributed by atoms with Gasteiger partial charge in [-0.25, -0.2) is 0 Å². The zero-order chi connectivity index (χ0) is 14.0. The number of rotatable bonds is 3. The molecule has 19 heavy (non-hydrogen) atoms. The van der Waals surface area contributed by atoms with Gasteiger partial charge >= 0.3 is 0 Å². The van der Waals surface area contributed by atoms with Gasteiger partial charge in [-0.3, -0.25) is 9.48 Å². The Kier molecular flexibility index (Phi) is 4.16. The molecule has 5 nitrogen and oxygen atoms in total. The highest BCUT2D eigenvalue weighted by Gasteiger charge is 2.29. The number of amides is 1. The zero-order valence-corrected chi connectivity index (χ0v) is 12.3. The lowest BCUT2D eigenvalue weighted by Gasteiger charge is -2.35. The number of hydrogen-bond donors (Lipinski definition) is 1. The summed E-state index contributed by atoms with van der Waals surface area (Å²) in [5.74, 6) is -0.0161. The van der Waals surface area contributed by atoms with E-state index in [1.165, 1.54) is 0 Å². The fourth-order valence-corrected chi connectivity index (χ4v) is 2.67. The molecule has 0 aliphatic carbocycles. The lowest BCUT2D eigenvalue weighted by molar-refractivity contribution is -0.123. The molecule has 1 N–H and O–H groups in total. The van der Waals surface area contributed by atoms with E-state index < -0.39 is 0 Å². The van der Waals surface area contributed by atoms with Gasteiger partial charge in [0, 0.05) is 31.5 Å². The molecule has 1 fully saturated rings. The molecule has 2 heterocycles. The van der Waals surface area contributed by atoms with Crippen LogP contribution in [-0.2, 0) is 23.0 Å². The Morgan fingerprint density at radius 3 is 3.00 bits per heavy atom. The summed E-state index contributed by atoms with van der Waals surface area (Å²) < 4.78 is 7.25. The number of carbonyl (C=O) groups is 1. The van der Waals surface area contributed by atoms with Crippen molar-refractivity contribution < 1.29 is 9.53 Å². The second-order valence-corrected chi connectivity index (χ2v) is 6.02. The number of nitrogens with zero attached hydrogens (tertiary/aromatic N) is 2. The second kappa shape index (κ2) is 5.51. The van der Waals surface area contributed by atoms with Crippen LogP contribution in [0.2, 0.25) is 5.15 Å². The Balaban J connectivity index is 1.89. The molecular formula is C13H20ClN3O2. The number of nitrogens with one attached hydrogen (secondary N) is 1. The van der Waals surface area contributed by atoms with Gasteiger partial charge in [0.1, 0.15) is 0 Å². The summed E-state index contributed by atoms with van der Waals surface area (Å²) in [5.41, 5.74) is 0.593. The fourth-order valence-electron chi connectivity index (χ4n) is 2.44. The highest BCUT2D eigenvalue weighted by Crippen LogP contribution is 2.24. The molecule has 1 atom stereocenters. The third-order valence-corrected chi connectivity index (χ3v) is 3.58. The van der Waals surface area contributed by atoms with Crippen molar-refractivity contribution in [2.24, 2.45) is 7.05 Å². The smallest absolute Gasteiger partial charge is 0.224 e. The van der Waals surface area contributed by atoms with E-state index in [0.29, 0.717) is 11.8 Å². The van der Waals surface area contributed by atoms with Gasteiger partial charge < -0.3 is 10.1 Å². The van der Waals surface area contributed by atoms with E-state index in [-0.39, 0.29) is 24.0 Å². The van der Waals surface area contributed by atoms with Gasteiger partial charge in [-0.2, -0.15) is 5.10 Å². The first kappa shape index (κ1) is 14.3. The minimum Gasteiger partial charge on any atom is -0.375 e. The van der Waals surface area contributed by atoms with Crippen molar-refractivity contribution in [1.29, 1.82) is 0 Å². The van der Waals surface area contributed by atoms with Crippen LogP contribution in [0.5, 0.6) is 0 Å². The Hall–Kier alpha value is -1.07. The Morgan fingerprint density at radius 1 is 1.68 bits per heavy atom. The van der Waals surface area contributed by atoms with Crippen LogP contribution < -0.4 is 5.32 Å².